The Morgan fingerprint density at radius 1 is 1.17 bits per heavy atom. The van der Waals surface area contributed by atoms with Gasteiger partial charge in [-0.25, -0.2) is 0 Å². The van der Waals surface area contributed by atoms with Gasteiger partial charge in [-0.3, -0.25) is 4.79 Å². The average molecular weight is 426 g/mol. The third kappa shape index (κ3) is 3.88. The van der Waals surface area contributed by atoms with Gasteiger partial charge in [0.1, 0.15) is 0 Å². The lowest BCUT2D eigenvalue weighted by atomic mass is 9.83. The predicted octanol–water partition coefficient (Wildman–Crippen LogP) is 3.50. The molecule has 2 fully saturated rings. The average Bonchev–Trinajstić information content (AvgIpc) is 3.30. The molecule has 1 N–H and O–H groups in total. The number of benzene rings is 2. The highest BCUT2D eigenvalue weighted by Gasteiger charge is 2.41. The summed E-state index contributed by atoms with van der Waals surface area (Å²) in [6.07, 6.45) is 3.06. The Bertz CT molecular complexity index is 915. The number of carbonyl (C=O) groups excluding carboxylic acids is 1. The zero-order valence-corrected chi connectivity index (χ0v) is 17.9. The lowest BCUT2D eigenvalue weighted by Crippen LogP contribution is -2.61. The molecular formula is C24H28ClN3O2. The molecule has 5 nitrogen and oxygen atoms in total. The van der Waals surface area contributed by atoms with Crippen LogP contribution in [0.4, 0.5) is 11.4 Å². The maximum Gasteiger partial charge on any atom is 0.225 e. The lowest BCUT2D eigenvalue weighted by Gasteiger charge is -2.49. The minimum Gasteiger partial charge on any atom is -0.376 e. The highest BCUT2D eigenvalue weighted by atomic mass is 35.5. The molecule has 3 unspecified atom stereocenters. The summed E-state index contributed by atoms with van der Waals surface area (Å²) in [7, 11) is 0. The van der Waals surface area contributed by atoms with E-state index < -0.39 is 0 Å². The van der Waals surface area contributed by atoms with E-state index in [1.807, 2.05) is 18.2 Å². The smallest absolute Gasteiger partial charge is 0.225 e. The van der Waals surface area contributed by atoms with Crippen LogP contribution in [-0.4, -0.2) is 50.8 Å². The van der Waals surface area contributed by atoms with Crippen LogP contribution in [-0.2, 0) is 16.0 Å². The molecule has 0 radical (unpaired) electrons. The van der Waals surface area contributed by atoms with E-state index in [9.17, 15) is 4.79 Å². The number of ether oxygens (including phenoxy) is 1. The molecule has 0 aromatic heterocycles. The van der Waals surface area contributed by atoms with Gasteiger partial charge in [-0.15, -0.1) is 0 Å². The van der Waals surface area contributed by atoms with Gasteiger partial charge in [0.15, 0.2) is 0 Å². The Hall–Kier alpha value is -2.24. The molecule has 3 heterocycles. The van der Waals surface area contributed by atoms with Gasteiger partial charge in [0, 0.05) is 49.2 Å². The first-order valence-corrected chi connectivity index (χ1v) is 11.3. The van der Waals surface area contributed by atoms with E-state index in [4.69, 9.17) is 16.3 Å². The van der Waals surface area contributed by atoms with Crippen molar-refractivity contribution in [2.24, 2.45) is 5.92 Å². The minimum absolute atomic E-state index is 0.0803. The maximum atomic E-state index is 13.3. The number of fused-ring (bicyclic) bond motifs is 3. The standard InChI is InChI=1S/C24H28ClN3O2/c25-18-6-3-7-19(14-18)27-10-11-28-22-9-2-1-5-17(22)13-21(23(28)16-27)24(29)26-15-20-8-4-12-30-20/h1-3,5-7,9,14,20-21,23H,4,8,10-13,15-16H2,(H,26,29). The van der Waals surface area contributed by atoms with Crippen LogP contribution in [0.2, 0.25) is 5.02 Å². The number of nitrogens with zero attached hydrogens (tertiary/aromatic N) is 2. The van der Waals surface area contributed by atoms with Crippen molar-refractivity contribution in [3.63, 3.8) is 0 Å². The van der Waals surface area contributed by atoms with Crippen LogP contribution in [0.5, 0.6) is 0 Å². The molecule has 158 valence electrons. The largest absolute Gasteiger partial charge is 0.376 e. The first-order chi connectivity index (χ1) is 14.7. The molecule has 5 rings (SSSR count). The quantitative estimate of drug-likeness (QED) is 0.814. The van der Waals surface area contributed by atoms with Gasteiger partial charge >= 0.3 is 0 Å². The molecule has 0 bridgehead atoms. The molecule has 3 aliphatic rings. The third-order valence-corrected chi connectivity index (χ3v) is 6.90. The number of hydrogen-bond acceptors (Lipinski definition) is 4. The van der Waals surface area contributed by atoms with Crippen LogP contribution in [0.3, 0.4) is 0 Å². The molecule has 2 aromatic rings. The van der Waals surface area contributed by atoms with Crippen LogP contribution in [0, 0.1) is 5.92 Å². The molecule has 0 aliphatic carbocycles. The molecule has 6 heteroatoms. The fourth-order valence-electron chi connectivity index (χ4n) is 5.12. The summed E-state index contributed by atoms with van der Waals surface area (Å²) < 4.78 is 5.69. The van der Waals surface area contributed by atoms with Gasteiger partial charge in [-0.2, -0.15) is 0 Å². The third-order valence-electron chi connectivity index (χ3n) is 6.66. The number of rotatable bonds is 4. The maximum absolute atomic E-state index is 13.3. The summed E-state index contributed by atoms with van der Waals surface area (Å²) >= 11 is 6.24. The van der Waals surface area contributed by atoms with Gasteiger partial charge in [-0.1, -0.05) is 35.9 Å². The summed E-state index contributed by atoms with van der Waals surface area (Å²) in [6, 6.07) is 16.7. The van der Waals surface area contributed by atoms with Crippen molar-refractivity contribution in [2.45, 2.75) is 31.4 Å². The number of nitrogens with one attached hydrogen (secondary N) is 1. The van der Waals surface area contributed by atoms with Crippen molar-refractivity contribution in [2.75, 3.05) is 42.6 Å². The molecule has 0 spiro atoms. The summed E-state index contributed by atoms with van der Waals surface area (Å²) in [5.41, 5.74) is 3.66. The van der Waals surface area contributed by atoms with Gasteiger partial charge in [-0.05, 0) is 49.1 Å². The summed E-state index contributed by atoms with van der Waals surface area (Å²) in [4.78, 5) is 18.1. The summed E-state index contributed by atoms with van der Waals surface area (Å²) in [6.45, 7) is 4.04. The number of amides is 1. The van der Waals surface area contributed by atoms with E-state index in [2.05, 4.69) is 45.4 Å². The summed E-state index contributed by atoms with van der Waals surface area (Å²) in [5.74, 6) is 0.0613. The molecular weight excluding hydrogens is 398 g/mol. The highest BCUT2D eigenvalue weighted by molar-refractivity contribution is 6.30. The number of carbonyl (C=O) groups is 1. The van der Waals surface area contributed by atoms with E-state index in [0.29, 0.717) is 6.54 Å². The Morgan fingerprint density at radius 2 is 2.07 bits per heavy atom. The zero-order valence-electron chi connectivity index (χ0n) is 17.1. The van der Waals surface area contributed by atoms with Crippen molar-refractivity contribution in [3.8, 4) is 0 Å². The number of para-hydroxylation sites is 1. The normalized spacial score (nSPS) is 25.6. The molecule has 3 atom stereocenters. The van der Waals surface area contributed by atoms with Crippen molar-refractivity contribution >= 4 is 28.9 Å². The van der Waals surface area contributed by atoms with Gasteiger partial charge in [0.2, 0.25) is 5.91 Å². The Balaban J connectivity index is 1.38. The van der Waals surface area contributed by atoms with Crippen molar-refractivity contribution in [1.29, 1.82) is 0 Å². The highest BCUT2D eigenvalue weighted by Crippen LogP contribution is 2.37. The van der Waals surface area contributed by atoms with E-state index in [-0.39, 0.29) is 24.0 Å². The second-order valence-electron chi connectivity index (χ2n) is 8.51. The molecule has 0 saturated carbocycles. The number of anilines is 2. The topological polar surface area (TPSA) is 44.8 Å². The van der Waals surface area contributed by atoms with Crippen LogP contribution in [0.1, 0.15) is 18.4 Å². The van der Waals surface area contributed by atoms with E-state index in [1.165, 1.54) is 11.3 Å². The van der Waals surface area contributed by atoms with Crippen LogP contribution >= 0.6 is 11.6 Å². The molecule has 3 aliphatic heterocycles. The second kappa shape index (κ2) is 8.48. The Morgan fingerprint density at radius 3 is 2.90 bits per heavy atom. The predicted molar refractivity (Wildman–Crippen MR) is 120 cm³/mol. The van der Waals surface area contributed by atoms with Gasteiger partial charge < -0.3 is 19.9 Å². The van der Waals surface area contributed by atoms with Crippen LogP contribution in [0.15, 0.2) is 48.5 Å². The van der Waals surface area contributed by atoms with Crippen LogP contribution in [0.25, 0.3) is 0 Å². The zero-order chi connectivity index (χ0) is 20.5. The molecule has 1 amide bonds. The van der Waals surface area contributed by atoms with E-state index in [0.717, 1.165) is 56.2 Å². The van der Waals surface area contributed by atoms with E-state index in [1.54, 1.807) is 0 Å². The second-order valence-corrected chi connectivity index (χ2v) is 8.94. The van der Waals surface area contributed by atoms with Crippen molar-refractivity contribution < 1.29 is 9.53 Å². The molecule has 2 saturated heterocycles. The summed E-state index contributed by atoms with van der Waals surface area (Å²) in [5, 5.41) is 3.94. The monoisotopic (exact) mass is 425 g/mol. The number of hydrogen-bond donors (Lipinski definition) is 1. The van der Waals surface area contributed by atoms with Gasteiger partial charge in [0.25, 0.3) is 0 Å². The molecule has 30 heavy (non-hydrogen) atoms. The SMILES string of the molecule is O=C(NCC1CCCO1)C1Cc2ccccc2N2CCN(c3cccc(Cl)c3)CC12. The first-order valence-electron chi connectivity index (χ1n) is 10.9. The lowest BCUT2D eigenvalue weighted by molar-refractivity contribution is -0.126. The fourth-order valence-corrected chi connectivity index (χ4v) is 5.30. The van der Waals surface area contributed by atoms with Gasteiger partial charge in [0.05, 0.1) is 18.1 Å². The van der Waals surface area contributed by atoms with Crippen molar-refractivity contribution in [3.05, 3.63) is 59.1 Å². The van der Waals surface area contributed by atoms with E-state index >= 15 is 0 Å². The van der Waals surface area contributed by atoms with Crippen molar-refractivity contribution in [1.82, 2.24) is 5.32 Å². The fraction of sp³-hybridized carbons (Fsp3) is 0.458. The number of halogens is 1. The first kappa shape index (κ1) is 19.7. The molecule has 2 aromatic carbocycles. The van der Waals surface area contributed by atoms with Crippen LogP contribution < -0.4 is 15.1 Å². The Labute approximate surface area is 182 Å². The number of piperazine rings is 1. The minimum atomic E-state index is -0.0803. The Kier molecular flexibility index (Phi) is 5.57.